The average molecular weight is 637 g/mol. The number of unbranched alkanes of at least 4 members (excludes halogenated alkanes) is 3. The Morgan fingerprint density at radius 2 is 1.72 bits per heavy atom. The van der Waals surface area contributed by atoms with Crippen LogP contribution in [0, 0.1) is 17.8 Å². The number of anilines is 1. The van der Waals surface area contributed by atoms with Gasteiger partial charge in [0.15, 0.2) is 0 Å². The second-order valence-electron chi connectivity index (χ2n) is 13.5. The van der Waals surface area contributed by atoms with Gasteiger partial charge >= 0.3 is 0 Å². The zero-order valence-electron chi connectivity index (χ0n) is 27.6. The molecule has 6 atom stereocenters. The van der Waals surface area contributed by atoms with Gasteiger partial charge in [-0.25, -0.2) is 0 Å². The fourth-order valence-electron chi connectivity index (χ4n) is 8.32. The number of rotatable bonds is 16. The van der Waals surface area contributed by atoms with Crippen molar-refractivity contribution < 1.29 is 29.0 Å². The van der Waals surface area contributed by atoms with Crippen molar-refractivity contribution >= 4 is 23.4 Å². The summed E-state index contributed by atoms with van der Waals surface area (Å²) in [6.07, 6.45) is 7.03. The summed E-state index contributed by atoms with van der Waals surface area (Å²) in [5, 5.41) is 9.27. The molecule has 0 aromatic heterocycles. The lowest BCUT2D eigenvalue weighted by molar-refractivity contribution is -0.152. The van der Waals surface area contributed by atoms with Crippen molar-refractivity contribution in [2.24, 2.45) is 17.8 Å². The Hall–Kier alpha value is -3.05. The average Bonchev–Trinajstić information content (AvgIpc) is 3.58. The predicted molar refractivity (Wildman–Crippen MR) is 177 cm³/mol. The van der Waals surface area contributed by atoms with Crippen molar-refractivity contribution in [2.45, 2.75) is 63.2 Å². The van der Waals surface area contributed by atoms with Crippen molar-refractivity contribution in [3.05, 3.63) is 55.6 Å². The smallest absolute Gasteiger partial charge is 0.248 e. The summed E-state index contributed by atoms with van der Waals surface area (Å²) in [7, 11) is 0. The van der Waals surface area contributed by atoms with Crippen LogP contribution < -0.4 is 4.90 Å². The Morgan fingerprint density at radius 3 is 2.39 bits per heavy atom. The molecule has 3 amide bonds. The van der Waals surface area contributed by atoms with Crippen LogP contribution in [0.3, 0.4) is 0 Å². The van der Waals surface area contributed by atoms with E-state index in [0.717, 1.165) is 31.6 Å². The van der Waals surface area contributed by atoms with Crippen molar-refractivity contribution in [1.82, 2.24) is 14.7 Å². The molecular weight excluding hydrogens is 584 g/mol. The first-order valence-electron chi connectivity index (χ1n) is 17.0. The highest BCUT2D eigenvalue weighted by Crippen LogP contribution is 2.65. The molecule has 4 fully saturated rings. The van der Waals surface area contributed by atoms with Crippen LogP contribution in [0.1, 0.15) is 46.0 Å². The number of aliphatic hydroxyl groups is 1. The third-order valence-corrected chi connectivity index (χ3v) is 10.7. The van der Waals surface area contributed by atoms with E-state index in [1.54, 1.807) is 22.0 Å². The largest absolute Gasteiger partial charge is 0.396 e. The molecule has 0 saturated carbocycles. The highest BCUT2D eigenvalue weighted by molar-refractivity contribution is 6.03. The molecule has 10 heteroatoms. The molecule has 0 radical (unpaired) electrons. The van der Waals surface area contributed by atoms with Crippen LogP contribution in [0.25, 0.3) is 0 Å². The molecular formula is C36H52N4O6. The quantitative estimate of drug-likeness (QED) is 0.220. The summed E-state index contributed by atoms with van der Waals surface area (Å²) in [5.41, 5.74) is -1.28. The van der Waals surface area contributed by atoms with E-state index in [1.807, 2.05) is 42.2 Å². The molecule has 4 heterocycles. The SMILES string of the molecule is C=CCN(CCN1CCOCC1)C(=O)C1N(CCCCCCO)C(=O)[C@@H]2[C@H](C(=O)N(CC=C)c3ccccc3)[C@@]3(C)OC12CC3C. The van der Waals surface area contributed by atoms with Crippen LogP contribution in [0.4, 0.5) is 5.69 Å². The Morgan fingerprint density at radius 1 is 1.02 bits per heavy atom. The molecule has 0 aliphatic carbocycles. The number of carbonyl (C=O) groups is 3. The third-order valence-electron chi connectivity index (χ3n) is 10.7. The van der Waals surface area contributed by atoms with E-state index in [1.165, 1.54) is 0 Å². The number of nitrogens with zero attached hydrogens (tertiary/aromatic N) is 4. The summed E-state index contributed by atoms with van der Waals surface area (Å²) in [4.78, 5) is 51.7. The molecule has 3 unspecified atom stereocenters. The first kappa shape index (κ1) is 34.3. The van der Waals surface area contributed by atoms with Crippen molar-refractivity contribution in [1.29, 1.82) is 0 Å². The fourth-order valence-corrected chi connectivity index (χ4v) is 8.32. The first-order chi connectivity index (χ1) is 22.2. The van der Waals surface area contributed by atoms with Gasteiger partial charge in [0.25, 0.3) is 0 Å². The predicted octanol–water partition coefficient (Wildman–Crippen LogP) is 3.12. The van der Waals surface area contributed by atoms with E-state index >= 15 is 0 Å². The number of para-hydroxylation sites is 1. The van der Waals surface area contributed by atoms with Gasteiger partial charge in [-0.15, -0.1) is 13.2 Å². The zero-order valence-corrected chi connectivity index (χ0v) is 27.6. The Kier molecular flexibility index (Phi) is 11.0. The van der Waals surface area contributed by atoms with E-state index < -0.39 is 29.1 Å². The van der Waals surface area contributed by atoms with Crippen LogP contribution in [0.15, 0.2) is 55.6 Å². The standard InChI is InChI=1S/C36H52N4O6/c1-5-16-38(20-19-37-21-24-45-25-22-37)34(44)31-36-26-27(3)35(4,46-36)29(30(36)33(43)40(31)18-12-7-8-13-23-41)32(42)39(17-6-2)28-14-10-9-11-15-28/h5-6,9-11,14-15,27,29-31,41H,1-2,7-8,12-13,16-26H2,3-4H3/t27?,29-,30+,31?,35+,36?/m1/s1. The molecule has 1 spiro atoms. The molecule has 10 nitrogen and oxygen atoms in total. The molecule has 5 rings (SSSR count). The number of hydrogen-bond acceptors (Lipinski definition) is 7. The van der Waals surface area contributed by atoms with E-state index in [2.05, 4.69) is 25.0 Å². The van der Waals surface area contributed by atoms with E-state index in [4.69, 9.17) is 9.47 Å². The number of likely N-dealkylation sites (tertiary alicyclic amines) is 1. The van der Waals surface area contributed by atoms with Gasteiger partial charge < -0.3 is 29.3 Å². The van der Waals surface area contributed by atoms with Crippen molar-refractivity contribution in [3.63, 3.8) is 0 Å². The fraction of sp³-hybridized carbons (Fsp3) is 0.639. The lowest BCUT2D eigenvalue weighted by Gasteiger charge is -2.39. The minimum Gasteiger partial charge on any atom is -0.396 e. The third kappa shape index (κ3) is 6.29. The number of morpholine rings is 1. The molecule has 1 N–H and O–H groups in total. The van der Waals surface area contributed by atoms with Gasteiger partial charge in [0.05, 0.1) is 30.7 Å². The first-order valence-corrected chi connectivity index (χ1v) is 17.0. The lowest BCUT2D eigenvalue weighted by Crippen LogP contribution is -2.57. The molecule has 4 saturated heterocycles. The second-order valence-corrected chi connectivity index (χ2v) is 13.5. The van der Waals surface area contributed by atoms with Gasteiger partial charge in [-0.05, 0) is 44.2 Å². The summed E-state index contributed by atoms with van der Waals surface area (Å²) in [6.45, 7) is 17.2. The van der Waals surface area contributed by atoms with Crippen LogP contribution in [-0.4, -0.2) is 120 Å². The van der Waals surface area contributed by atoms with Gasteiger partial charge in [-0.1, -0.05) is 50.1 Å². The van der Waals surface area contributed by atoms with Crippen molar-refractivity contribution in [3.8, 4) is 0 Å². The minimum absolute atomic E-state index is 0.0483. The molecule has 4 aliphatic rings. The maximum Gasteiger partial charge on any atom is 0.248 e. The highest BCUT2D eigenvalue weighted by Gasteiger charge is 2.80. The molecule has 252 valence electrons. The number of hydrogen-bond donors (Lipinski definition) is 1. The van der Waals surface area contributed by atoms with Crippen molar-refractivity contribution in [2.75, 3.05) is 70.5 Å². The minimum atomic E-state index is -1.11. The van der Waals surface area contributed by atoms with Gasteiger partial charge in [-0.2, -0.15) is 0 Å². The molecule has 4 aliphatic heterocycles. The topological polar surface area (TPSA) is 103 Å². The van der Waals surface area contributed by atoms with Gasteiger partial charge in [0.1, 0.15) is 11.6 Å². The van der Waals surface area contributed by atoms with Crippen LogP contribution in [-0.2, 0) is 23.9 Å². The number of fused-ring (bicyclic) bond motifs is 1. The van der Waals surface area contributed by atoms with Gasteiger partial charge in [-0.3, -0.25) is 19.3 Å². The number of ether oxygens (including phenoxy) is 2. The number of carbonyl (C=O) groups excluding carboxylic acids is 3. The second kappa shape index (κ2) is 14.8. The van der Waals surface area contributed by atoms with E-state index in [0.29, 0.717) is 65.2 Å². The van der Waals surface area contributed by atoms with Crippen LogP contribution in [0.2, 0.25) is 0 Å². The van der Waals surface area contributed by atoms with E-state index in [9.17, 15) is 19.5 Å². The number of amides is 3. The highest BCUT2D eigenvalue weighted by atomic mass is 16.5. The summed E-state index contributed by atoms with van der Waals surface area (Å²) >= 11 is 0. The molecule has 2 bridgehead atoms. The number of benzene rings is 1. The Bertz CT molecular complexity index is 1250. The Labute approximate surface area is 274 Å². The monoisotopic (exact) mass is 636 g/mol. The molecule has 1 aromatic rings. The lowest BCUT2D eigenvalue weighted by atomic mass is 9.62. The van der Waals surface area contributed by atoms with E-state index in [-0.39, 0.29) is 30.2 Å². The summed E-state index contributed by atoms with van der Waals surface area (Å²) in [6, 6.07) is 8.63. The van der Waals surface area contributed by atoms with Crippen LogP contribution in [0.5, 0.6) is 0 Å². The molecule has 1 aromatic carbocycles. The van der Waals surface area contributed by atoms with Crippen LogP contribution >= 0.6 is 0 Å². The Balaban J connectivity index is 1.50. The maximum absolute atomic E-state index is 14.8. The summed E-state index contributed by atoms with van der Waals surface area (Å²) in [5.74, 6) is -2.06. The molecule has 46 heavy (non-hydrogen) atoms. The summed E-state index contributed by atoms with van der Waals surface area (Å²) < 4.78 is 12.5. The zero-order chi connectivity index (χ0) is 32.9. The van der Waals surface area contributed by atoms with Gasteiger partial charge in [0, 0.05) is 58.1 Å². The number of aliphatic hydroxyl groups excluding tert-OH is 1. The normalized spacial score (nSPS) is 30.3. The van der Waals surface area contributed by atoms with Gasteiger partial charge in [0.2, 0.25) is 17.7 Å². The maximum atomic E-state index is 14.8.